The van der Waals surface area contributed by atoms with Gasteiger partial charge in [-0.1, -0.05) is 18.2 Å². The zero-order valence-corrected chi connectivity index (χ0v) is 20.8. The van der Waals surface area contributed by atoms with Crippen LogP contribution in [-0.4, -0.2) is 81.3 Å². The first kappa shape index (κ1) is 25.5. The molecule has 10 nitrogen and oxygen atoms in total. The minimum Gasteiger partial charge on any atom is -0.494 e. The van der Waals surface area contributed by atoms with Gasteiger partial charge in [0, 0.05) is 32.7 Å². The van der Waals surface area contributed by atoms with E-state index in [1.54, 1.807) is 13.2 Å². The molecule has 11 heteroatoms. The second-order valence-corrected chi connectivity index (χ2v) is 8.60. The van der Waals surface area contributed by atoms with Crippen molar-refractivity contribution in [2.45, 2.75) is 12.5 Å². The highest BCUT2D eigenvalue weighted by Crippen LogP contribution is 2.38. The van der Waals surface area contributed by atoms with Crippen LogP contribution in [-0.2, 0) is 4.79 Å². The smallest absolute Gasteiger partial charge is 0.247 e. The summed E-state index contributed by atoms with van der Waals surface area (Å²) in [4.78, 5) is 25.0. The van der Waals surface area contributed by atoms with Gasteiger partial charge in [-0.15, -0.1) is 0 Å². The Morgan fingerprint density at radius 3 is 2.76 bits per heavy atom. The maximum atomic E-state index is 12.1. The molecule has 1 saturated heterocycles. The van der Waals surface area contributed by atoms with Gasteiger partial charge in [0.1, 0.15) is 16.9 Å². The van der Waals surface area contributed by atoms with Crippen LogP contribution in [0.1, 0.15) is 6.42 Å². The third-order valence-electron chi connectivity index (χ3n) is 5.31. The summed E-state index contributed by atoms with van der Waals surface area (Å²) < 4.78 is 11.6. The summed E-state index contributed by atoms with van der Waals surface area (Å²) in [6.07, 6.45) is 3.61. The SMILES string of the molecule is C=CC(=O)Nc1cc(Nc2ncc(Cl)c(OC3CCNC3)n2)c(OC)cc1N(C)CCN(C)C. The zero-order chi connectivity index (χ0) is 24.7. The maximum Gasteiger partial charge on any atom is 0.247 e. The predicted octanol–water partition coefficient (Wildman–Crippen LogP) is 2.75. The number of anilines is 4. The molecule has 1 unspecified atom stereocenters. The van der Waals surface area contributed by atoms with Crippen LogP contribution in [0.5, 0.6) is 11.6 Å². The molecule has 1 aliphatic heterocycles. The molecule has 3 N–H and O–H groups in total. The van der Waals surface area contributed by atoms with Gasteiger partial charge >= 0.3 is 0 Å². The predicted molar refractivity (Wildman–Crippen MR) is 136 cm³/mol. The molecule has 1 amide bonds. The first-order valence-corrected chi connectivity index (χ1v) is 11.4. The van der Waals surface area contributed by atoms with Crippen LogP contribution in [0, 0.1) is 0 Å². The Morgan fingerprint density at radius 1 is 1.32 bits per heavy atom. The minimum absolute atomic E-state index is 0.00694. The average Bonchev–Trinajstić information content (AvgIpc) is 3.33. The molecule has 184 valence electrons. The Bertz CT molecular complexity index is 1010. The highest BCUT2D eigenvalue weighted by molar-refractivity contribution is 6.31. The maximum absolute atomic E-state index is 12.1. The quantitative estimate of drug-likeness (QED) is 0.411. The number of aromatic nitrogens is 2. The van der Waals surface area contributed by atoms with Gasteiger partial charge in [0.15, 0.2) is 0 Å². The lowest BCUT2D eigenvalue weighted by Crippen LogP contribution is -2.29. The number of benzene rings is 1. The van der Waals surface area contributed by atoms with Crippen LogP contribution in [0.3, 0.4) is 0 Å². The highest BCUT2D eigenvalue weighted by atomic mass is 35.5. The van der Waals surface area contributed by atoms with E-state index in [9.17, 15) is 4.79 Å². The van der Waals surface area contributed by atoms with Crippen LogP contribution >= 0.6 is 11.6 Å². The number of nitrogens with zero attached hydrogens (tertiary/aromatic N) is 4. The Morgan fingerprint density at radius 2 is 2.12 bits per heavy atom. The van der Waals surface area contributed by atoms with Crippen LogP contribution < -0.4 is 30.3 Å². The van der Waals surface area contributed by atoms with E-state index >= 15 is 0 Å². The number of ether oxygens (including phenoxy) is 2. The van der Waals surface area contributed by atoms with Gasteiger partial charge in [0.2, 0.25) is 17.7 Å². The van der Waals surface area contributed by atoms with Crippen molar-refractivity contribution in [2.24, 2.45) is 0 Å². The Labute approximate surface area is 205 Å². The van der Waals surface area contributed by atoms with Crippen molar-refractivity contribution in [3.63, 3.8) is 0 Å². The van der Waals surface area contributed by atoms with Gasteiger partial charge in [-0.05, 0) is 39.2 Å². The number of nitrogens with one attached hydrogen (secondary N) is 3. The largest absolute Gasteiger partial charge is 0.494 e. The standard InChI is InChI=1S/C23H32ClN7O3/c1-6-21(32)27-17-11-18(20(33-5)12-19(17)31(4)10-9-30(2)3)28-23-26-14-16(24)22(29-23)34-15-7-8-25-13-15/h6,11-12,14-15,25H,1,7-10,13H2,2-5H3,(H,27,32)(H,26,28,29). The van der Waals surface area contributed by atoms with Crippen LogP contribution in [0.2, 0.25) is 5.02 Å². The summed E-state index contributed by atoms with van der Waals surface area (Å²) >= 11 is 6.25. The molecule has 0 aliphatic carbocycles. The second-order valence-electron chi connectivity index (χ2n) is 8.19. The molecule has 1 aromatic heterocycles. The fourth-order valence-corrected chi connectivity index (χ4v) is 3.54. The Balaban J connectivity index is 1.91. The Kier molecular flexibility index (Phi) is 8.91. The van der Waals surface area contributed by atoms with Crippen molar-refractivity contribution < 1.29 is 14.3 Å². The molecule has 0 radical (unpaired) electrons. The van der Waals surface area contributed by atoms with Gasteiger partial charge < -0.3 is 35.2 Å². The first-order valence-electron chi connectivity index (χ1n) is 11.0. The van der Waals surface area contributed by atoms with Gasteiger partial charge in [-0.2, -0.15) is 4.98 Å². The van der Waals surface area contributed by atoms with Crippen molar-refractivity contribution in [2.75, 3.05) is 70.0 Å². The molecule has 34 heavy (non-hydrogen) atoms. The van der Waals surface area contributed by atoms with Crippen molar-refractivity contribution in [3.8, 4) is 11.6 Å². The third kappa shape index (κ3) is 6.72. The summed E-state index contributed by atoms with van der Waals surface area (Å²) in [7, 11) is 7.56. The molecular weight excluding hydrogens is 458 g/mol. The molecule has 0 spiro atoms. The lowest BCUT2D eigenvalue weighted by Gasteiger charge is -2.26. The van der Waals surface area contributed by atoms with E-state index in [1.165, 1.54) is 12.3 Å². The molecule has 2 aromatic rings. The molecule has 1 aromatic carbocycles. The number of likely N-dealkylation sites (N-methyl/N-ethyl adjacent to an activating group) is 2. The third-order valence-corrected chi connectivity index (χ3v) is 5.57. The molecule has 0 bridgehead atoms. The number of rotatable bonds is 11. The van der Waals surface area contributed by atoms with Gasteiger partial charge in [-0.25, -0.2) is 4.98 Å². The summed E-state index contributed by atoms with van der Waals surface area (Å²) in [6.45, 7) is 6.77. The molecule has 1 aliphatic rings. The number of hydrogen-bond donors (Lipinski definition) is 3. The number of hydrogen-bond acceptors (Lipinski definition) is 9. The lowest BCUT2D eigenvalue weighted by molar-refractivity contribution is -0.111. The normalized spacial score (nSPS) is 15.2. The second kappa shape index (κ2) is 11.9. The fourth-order valence-electron chi connectivity index (χ4n) is 3.41. The van der Waals surface area contributed by atoms with E-state index in [-0.39, 0.29) is 12.0 Å². The zero-order valence-electron chi connectivity index (χ0n) is 20.0. The number of halogens is 1. The van der Waals surface area contributed by atoms with Crippen molar-refractivity contribution in [3.05, 3.63) is 36.0 Å². The van der Waals surface area contributed by atoms with E-state index in [1.807, 2.05) is 32.1 Å². The van der Waals surface area contributed by atoms with Crippen LogP contribution in [0.15, 0.2) is 31.0 Å². The van der Waals surface area contributed by atoms with Crippen LogP contribution in [0.4, 0.5) is 23.0 Å². The number of methoxy groups -OCH3 is 1. The number of carbonyl (C=O) groups is 1. The summed E-state index contributed by atoms with van der Waals surface area (Å²) in [5.74, 6) is 0.844. The van der Waals surface area contributed by atoms with E-state index in [2.05, 4.69) is 37.4 Å². The molecular formula is C23H32ClN7O3. The molecule has 3 rings (SSSR count). The topological polar surface area (TPSA) is 104 Å². The van der Waals surface area contributed by atoms with Crippen molar-refractivity contribution in [1.29, 1.82) is 0 Å². The first-order chi connectivity index (χ1) is 16.3. The molecule has 1 atom stereocenters. The number of amides is 1. The number of carbonyl (C=O) groups excluding carboxylic acids is 1. The molecule has 0 saturated carbocycles. The Hall–Kier alpha value is -3.08. The summed E-state index contributed by atoms with van der Waals surface area (Å²) in [5, 5.41) is 9.61. The van der Waals surface area contributed by atoms with E-state index in [4.69, 9.17) is 21.1 Å². The monoisotopic (exact) mass is 489 g/mol. The molecule has 2 heterocycles. The van der Waals surface area contributed by atoms with Crippen molar-refractivity contribution >= 4 is 40.5 Å². The van der Waals surface area contributed by atoms with E-state index in [0.717, 1.165) is 38.3 Å². The van der Waals surface area contributed by atoms with Crippen molar-refractivity contribution in [1.82, 2.24) is 20.2 Å². The minimum atomic E-state index is -0.318. The highest BCUT2D eigenvalue weighted by Gasteiger charge is 2.20. The molecule has 1 fully saturated rings. The van der Waals surface area contributed by atoms with E-state index < -0.39 is 0 Å². The van der Waals surface area contributed by atoms with Gasteiger partial charge in [0.25, 0.3) is 0 Å². The summed E-state index contributed by atoms with van der Waals surface area (Å²) in [6, 6.07) is 3.63. The lowest BCUT2D eigenvalue weighted by atomic mass is 10.2. The van der Waals surface area contributed by atoms with Gasteiger partial charge in [-0.3, -0.25) is 4.79 Å². The average molecular weight is 490 g/mol. The van der Waals surface area contributed by atoms with Gasteiger partial charge in [0.05, 0.1) is 30.4 Å². The van der Waals surface area contributed by atoms with E-state index in [0.29, 0.717) is 34.0 Å². The summed E-state index contributed by atoms with van der Waals surface area (Å²) in [5.41, 5.74) is 1.97. The fraction of sp³-hybridized carbons (Fsp3) is 0.435. The van der Waals surface area contributed by atoms with Crippen LogP contribution in [0.25, 0.3) is 0 Å².